The molecule has 98 valence electrons. The fourth-order valence-corrected chi connectivity index (χ4v) is 2.40. The number of benzene rings is 2. The third kappa shape index (κ3) is 3.55. The standard InChI is InChI=1S/C13H7Br2ClFNO/c14-10-4-2-8(6-12(10)16)18-13(19)9-3-1-7(17)5-11(9)15/h1-6H,(H,18,19). The molecule has 2 aromatic carbocycles. The van der Waals surface area contributed by atoms with Gasteiger partial charge in [-0.3, -0.25) is 4.79 Å². The number of carbonyl (C=O) groups is 1. The van der Waals surface area contributed by atoms with Crippen molar-refractivity contribution in [1.82, 2.24) is 0 Å². The van der Waals surface area contributed by atoms with Crippen LogP contribution < -0.4 is 5.32 Å². The Hall–Kier alpha value is -0.910. The van der Waals surface area contributed by atoms with Crippen molar-refractivity contribution in [3.05, 3.63) is 61.7 Å². The molecular weight excluding hydrogens is 400 g/mol. The Kier molecular flexibility index (Phi) is 4.60. The van der Waals surface area contributed by atoms with Crippen LogP contribution in [-0.2, 0) is 0 Å². The van der Waals surface area contributed by atoms with E-state index >= 15 is 0 Å². The molecule has 2 rings (SSSR count). The van der Waals surface area contributed by atoms with Gasteiger partial charge in [0.25, 0.3) is 5.91 Å². The molecule has 0 aliphatic rings. The lowest BCUT2D eigenvalue weighted by atomic mass is 10.2. The number of halogens is 4. The highest BCUT2D eigenvalue weighted by molar-refractivity contribution is 9.10. The van der Waals surface area contributed by atoms with Gasteiger partial charge in [-0.05, 0) is 68.3 Å². The van der Waals surface area contributed by atoms with Crippen molar-refractivity contribution >= 4 is 55.1 Å². The minimum absolute atomic E-state index is 0.342. The first-order chi connectivity index (χ1) is 8.97. The Labute approximate surface area is 131 Å². The van der Waals surface area contributed by atoms with E-state index in [0.29, 0.717) is 20.7 Å². The third-order valence-corrected chi connectivity index (χ3v) is 4.24. The van der Waals surface area contributed by atoms with Crippen molar-refractivity contribution in [2.24, 2.45) is 0 Å². The van der Waals surface area contributed by atoms with E-state index < -0.39 is 5.82 Å². The smallest absolute Gasteiger partial charge is 0.256 e. The Morgan fingerprint density at radius 2 is 1.84 bits per heavy atom. The summed E-state index contributed by atoms with van der Waals surface area (Å²) in [5.74, 6) is -0.750. The van der Waals surface area contributed by atoms with Gasteiger partial charge in [0.05, 0.1) is 10.6 Å². The van der Waals surface area contributed by atoms with Gasteiger partial charge in [-0.25, -0.2) is 4.39 Å². The Balaban J connectivity index is 2.23. The molecule has 0 fully saturated rings. The van der Waals surface area contributed by atoms with Crippen LogP contribution in [0.3, 0.4) is 0 Å². The molecule has 0 spiro atoms. The Morgan fingerprint density at radius 1 is 1.11 bits per heavy atom. The average Bonchev–Trinajstić information content (AvgIpc) is 2.33. The summed E-state index contributed by atoms with van der Waals surface area (Å²) in [5, 5.41) is 3.19. The van der Waals surface area contributed by atoms with Gasteiger partial charge in [-0.1, -0.05) is 11.6 Å². The quantitative estimate of drug-likeness (QED) is 0.723. The number of hydrogen-bond donors (Lipinski definition) is 1. The second kappa shape index (κ2) is 6.03. The first-order valence-electron chi connectivity index (χ1n) is 5.19. The molecule has 0 saturated carbocycles. The fourth-order valence-electron chi connectivity index (χ4n) is 1.45. The van der Waals surface area contributed by atoms with E-state index in [4.69, 9.17) is 11.6 Å². The molecule has 0 aliphatic heterocycles. The predicted octanol–water partition coefficient (Wildman–Crippen LogP) is 5.26. The molecular formula is C13H7Br2ClFNO. The molecule has 0 aliphatic carbocycles. The summed E-state index contributed by atoms with van der Waals surface area (Å²) in [6.45, 7) is 0. The largest absolute Gasteiger partial charge is 0.322 e. The fraction of sp³-hybridized carbons (Fsp3) is 0. The molecule has 6 heteroatoms. The third-order valence-electron chi connectivity index (χ3n) is 2.35. The van der Waals surface area contributed by atoms with Crippen LogP contribution in [0.25, 0.3) is 0 Å². The van der Waals surface area contributed by atoms with Crippen LogP contribution in [-0.4, -0.2) is 5.91 Å². The topological polar surface area (TPSA) is 29.1 Å². The van der Waals surface area contributed by atoms with Crippen LogP contribution in [0.4, 0.5) is 10.1 Å². The van der Waals surface area contributed by atoms with Gasteiger partial charge in [-0.2, -0.15) is 0 Å². The van der Waals surface area contributed by atoms with Gasteiger partial charge < -0.3 is 5.32 Å². The first-order valence-corrected chi connectivity index (χ1v) is 7.15. The van der Waals surface area contributed by atoms with Crippen LogP contribution in [0.1, 0.15) is 10.4 Å². The number of nitrogens with one attached hydrogen (secondary N) is 1. The lowest BCUT2D eigenvalue weighted by Crippen LogP contribution is -2.12. The number of anilines is 1. The number of hydrogen-bond acceptors (Lipinski definition) is 1. The molecule has 2 aromatic rings. The summed E-state index contributed by atoms with van der Waals surface area (Å²) in [7, 11) is 0. The molecule has 0 aromatic heterocycles. The van der Waals surface area contributed by atoms with Crippen LogP contribution in [0.15, 0.2) is 45.3 Å². The summed E-state index contributed by atoms with van der Waals surface area (Å²) >= 11 is 12.4. The SMILES string of the molecule is O=C(Nc1ccc(Br)c(Cl)c1)c1ccc(F)cc1Br. The maximum Gasteiger partial charge on any atom is 0.256 e. The van der Waals surface area contributed by atoms with Crippen LogP contribution in [0.5, 0.6) is 0 Å². The highest BCUT2D eigenvalue weighted by Crippen LogP contribution is 2.26. The number of carbonyl (C=O) groups excluding carboxylic acids is 1. The second-order valence-corrected chi connectivity index (χ2v) is 5.82. The molecule has 0 unspecified atom stereocenters. The zero-order valence-electron chi connectivity index (χ0n) is 9.38. The van der Waals surface area contributed by atoms with Crippen molar-refractivity contribution in [1.29, 1.82) is 0 Å². The van der Waals surface area contributed by atoms with E-state index in [-0.39, 0.29) is 5.91 Å². The van der Waals surface area contributed by atoms with E-state index in [1.807, 2.05) is 0 Å². The molecule has 2 nitrogen and oxygen atoms in total. The molecule has 0 radical (unpaired) electrons. The molecule has 19 heavy (non-hydrogen) atoms. The average molecular weight is 407 g/mol. The van der Waals surface area contributed by atoms with Gasteiger partial charge in [-0.15, -0.1) is 0 Å². The van der Waals surface area contributed by atoms with E-state index in [1.165, 1.54) is 18.2 Å². The summed E-state index contributed by atoms with van der Waals surface area (Å²) in [6.07, 6.45) is 0. The summed E-state index contributed by atoms with van der Waals surface area (Å²) in [4.78, 5) is 12.0. The van der Waals surface area contributed by atoms with E-state index in [0.717, 1.165) is 4.47 Å². The maximum atomic E-state index is 13.0. The summed E-state index contributed by atoms with van der Waals surface area (Å²) < 4.78 is 14.1. The van der Waals surface area contributed by atoms with E-state index in [1.54, 1.807) is 18.2 Å². The Morgan fingerprint density at radius 3 is 2.47 bits per heavy atom. The lowest BCUT2D eigenvalue weighted by molar-refractivity contribution is 0.102. The molecule has 0 heterocycles. The van der Waals surface area contributed by atoms with Gasteiger partial charge in [0.15, 0.2) is 0 Å². The van der Waals surface area contributed by atoms with Crippen LogP contribution in [0, 0.1) is 5.82 Å². The van der Waals surface area contributed by atoms with Crippen LogP contribution >= 0.6 is 43.5 Å². The molecule has 0 bridgehead atoms. The summed E-state index contributed by atoms with van der Waals surface area (Å²) in [5.41, 5.74) is 0.912. The first kappa shape index (κ1) is 14.5. The van der Waals surface area contributed by atoms with Crippen molar-refractivity contribution in [2.45, 2.75) is 0 Å². The summed E-state index contributed by atoms with van der Waals surface area (Å²) in [6, 6.07) is 8.96. The molecule has 1 amide bonds. The van der Waals surface area contributed by atoms with Gasteiger partial charge in [0, 0.05) is 14.6 Å². The monoisotopic (exact) mass is 405 g/mol. The van der Waals surface area contributed by atoms with Gasteiger partial charge in [0.2, 0.25) is 0 Å². The van der Waals surface area contributed by atoms with Gasteiger partial charge >= 0.3 is 0 Å². The minimum atomic E-state index is -0.407. The highest BCUT2D eigenvalue weighted by Gasteiger charge is 2.11. The minimum Gasteiger partial charge on any atom is -0.322 e. The lowest BCUT2D eigenvalue weighted by Gasteiger charge is -2.08. The highest BCUT2D eigenvalue weighted by atomic mass is 79.9. The Bertz CT molecular complexity index is 649. The molecule has 0 saturated heterocycles. The van der Waals surface area contributed by atoms with Crippen LogP contribution in [0.2, 0.25) is 5.02 Å². The van der Waals surface area contributed by atoms with Crippen molar-refractivity contribution in [3.63, 3.8) is 0 Å². The normalized spacial score (nSPS) is 10.3. The zero-order chi connectivity index (χ0) is 14.0. The van der Waals surface area contributed by atoms with E-state index in [9.17, 15) is 9.18 Å². The van der Waals surface area contributed by atoms with E-state index in [2.05, 4.69) is 37.2 Å². The van der Waals surface area contributed by atoms with Crippen molar-refractivity contribution in [2.75, 3.05) is 5.32 Å². The molecule has 0 atom stereocenters. The van der Waals surface area contributed by atoms with Crippen molar-refractivity contribution in [3.8, 4) is 0 Å². The molecule has 1 N–H and O–H groups in total. The van der Waals surface area contributed by atoms with Gasteiger partial charge in [0.1, 0.15) is 5.82 Å². The maximum absolute atomic E-state index is 13.0. The zero-order valence-corrected chi connectivity index (χ0v) is 13.3. The van der Waals surface area contributed by atoms with Crippen molar-refractivity contribution < 1.29 is 9.18 Å². The predicted molar refractivity (Wildman–Crippen MR) is 81.2 cm³/mol. The number of amides is 1. The second-order valence-electron chi connectivity index (χ2n) is 3.71. The number of rotatable bonds is 2.